The van der Waals surface area contributed by atoms with Gasteiger partial charge in [0.2, 0.25) is 5.91 Å². The molecule has 0 aliphatic carbocycles. The topological polar surface area (TPSA) is 86.9 Å². The van der Waals surface area contributed by atoms with Crippen molar-refractivity contribution in [2.45, 2.75) is 30.7 Å². The molecule has 3 aromatic rings. The quantitative estimate of drug-likeness (QED) is 0.549. The Morgan fingerprint density at radius 2 is 1.71 bits per heavy atom. The number of thioether (sulfide) groups is 1. The zero-order valence-corrected chi connectivity index (χ0v) is 16.5. The molecule has 0 saturated carbocycles. The molecule has 1 aromatic heterocycles. The second-order valence-corrected chi connectivity index (χ2v) is 7.68. The van der Waals surface area contributed by atoms with Crippen LogP contribution in [0.3, 0.4) is 0 Å². The van der Waals surface area contributed by atoms with Crippen LogP contribution in [-0.4, -0.2) is 27.2 Å². The number of imidazole rings is 1. The van der Waals surface area contributed by atoms with Gasteiger partial charge in [-0.05, 0) is 31.5 Å². The van der Waals surface area contributed by atoms with Crippen molar-refractivity contribution in [2.75, 3.05) is 5.32 Å². The van der Waals surface area contributed by atoms with E-state index in [4.69, 9.17) is 0 Å². The SMILES string of the molecule is Cc1[nH]c(SC(C)C(=O)NC(=O)Nc2ccccc2)nc1Cc1ccccc1. The summed E-state index contributed by atoms with van der Waals surface area (Å²) in [7, 11) is 0. The lowest BCUT2D eigenvalue weighted by Crippen LogP contribution is -2.38. The van der Waals surface area contributed by atoms with Gasteiger partial charge in [-0.2, -0.15) is 0 Å². The Balaban J connectivity index is 1.55. The Hall–Kier alpha value is -3.06. The Bertz CT molecular complexity index is 942. The van der Waals surface area contributed by atoms with Crippen LogP contribution in [0.5, 0.6) is 0 Å². The van der Waals surface area contributed by atoms with E-state index in [1.54, 1.807) is 19.1 Å². The predicted molar refractivity (Wildman–Crippen MR) is 111 cm³/mol. The second kappa shape index (κ2) is 9.23. The summed E-state index contributed by atoms with van der Waals surface area (Å²) in [5, 5.41) is 5.17. The molecule has 1 atom stereocenters. The minimum atomic E-state index is -0.552. The van der Waals surface area contributed by atoms with Crippen molar-refractivity contribution >= 4 is 29.4 Å². The van der Waals surface area contributed by atoms with Gasteiger partial charge in [0.25, 0.3) is 0 Å². The van der Waals surface area contributed by atoms with Gasteiger partial charge in [-0.15, -0.1) is 0 Å². The number of amides is 3. The Labute approximate surface area is 168 Å². The van der Waals surface area contributed by atoms with Crippen LogP contribution in [0.25, 0.3) is 0 Å². The van der Waals surface area contributed by atoms with Crippen molar-refractivity contribution < 1.29 is 9.59 Å². The molecule has 6 nitrogen and oxygen atoms in total. The maximum Gasteiger partial charge on any atom is 0.325 e. The van der Waals surface area contributed by atoms with E-state index in [0.717, 1.165) is 17.8 Å². The standard InChI is InChI=1S/C21H22N4O2S/c1-14-18(13-16-9-5-3-6-10-16)24-21(22-14)28-15(2)19(26)25-20(27)23-17-11-7-4-8-12-17/h3-12,15H,13H2,1-2H3,(H,22,24)(H2,23,25,26,27). The molecule has 0 bridgehead atoms. The van der Waals surface area contributed by atoms with Crippen molar-refractivity contribution in [1.29, 1.82) is 0 Å². The molecule has 0 aliphatic rings. The fourth-order valence-corrected chi connectivity index (χ4v) is 3.48. The first-order valence-electron chi connectivity index (χ1n) is 8.94. The number of hydrogen-bond donors (Lipinski definition) is 3. The molecule has 7 heteroatoms. The average Bonchev–Trinajstić information content (AvgIpc) is 3.02. The molecular formula is C21H22N4O2S. The molecule has 0 aliphatic heterocycles. The highest BCUT2D eigenvalue weighted by Gasteiger charge is 2.19. The number of urea groups is 1. The van der Waals surface area contributed by atoms with Crippen LogP contribution in [-0.2, 0) is 11.2 Å². The number of para-hydroxylation sites is 1. The van der Waals surface area contributed by atoms with Gasteiger partial charge in [-0.1, -0.05) is 60.3 Å². The number of hydrogen-bond acceptors (Lipinski definition) is 4. The fourth-order valence-electron chi connectivity index (χ4n) is 2.60. The normalized spacial score (nSPS) is 11.6. The molecule has 0 radical (unpaired) electrons. The maximum absolute atomic E-state index is 12.3. The summed E-state index contributed by atoms with van der Waals surface area (Å²) in [5.41, 5.74) is 3.72. The fraction of sp³-hybridized carbons (Fsp3) is 0.190. The Morgan fingerprint density at radius 3 is 2.39 bits per heavy atom. The zero-order chi connectivity index (χ0) is 19.9. The molecule has 2 aromatic carbocycles. The highest BCUT2D eigenvalue weighted by atomic mass is 32.2. The van der Waals surface area contributed by atoms with Crippen LogP contribution in [0.15, 0.2) is 65.8 Å². The average molecular weight is 395 g/mol. The summed E-state index contributed by atoms with van der Waals surface area (Å²) in [6.07, 6.45) is 0.726. The molecule has 3 N–H and O–H groups in total. The van der Waals surface area contributed by atoms with Crippen molar-refractivity contribution in [2.24, 2.45) is 0 Å². The highest BCUT2D eigenvalue weighted by Crippen LogP contribution is 2.23. The number of aryl methyl sites for hydroxylation is 1. The summed E-state index contributed by atoms with van der Waals surface area (Å²) < 4.78 is 0. The van der Waals surface area contributed by atoms with Crippen molar-refractivity contribution in [3.63, 3.8) is 0 Å². The molecule has 0 fully saturated rings. The number of anilines is 1. The summed E-state index contributed by atoms with van der Waals surface area (Å²) in [6, 6.07) is 18.5. The summed E-state index contributed by atoms with van der Waals surface area (Å²) in [6.45, 7) is 3.71. The van der Waals surface area contributed by atoms with E-state index < -0.39 is 11.3 Å². The van der Waals surface area contributed by atoms with E-state index >= 15 is 0 Å². The maximum atomic E-state index is 12.3. The van der Waals surface area contributed by atoms with E-state index in [0.29, 0.717) is 10.8 Å². The van der Waals surface area contributed by atoms with Gasteiger partial charge < -0.3 is 10.3 Å². The second-order valence-electron chi connectivity index (χ2n) is 6.35. The van der Waals surface area contributed by atoms with Crippen molar-refractivity contribution in [1.82, 2.24) is 15.3 Å². The van der Waals surface area contributed by atoms with Gasteiger partial charge in [0.1, 0.15) is 0 Å². The van der Waals surface area contributed by atoms with E-state index in [2.05, 4.69) is 32.7 Å². The number of carbonyl (C=O) groups excluding carboxylic acids is 2. The van der Waals surface area contributed by atoms with Gasteiger partial charge in [0.15, 0.2) is 5.16 Å². The molecular weight excluding hydrogens is 372 g/mol. The number of imide groups is 1. The summed E-state index contributed by atoms with van der Waals surface area (Å²) in [4.78, 5) is 32.1. The first-order valence-corrected chi connectivity index (χ1v) is 9.82. The first-order chi connectivity index (χ1) is 13.5. The molecule has 0 saturated heterocycles. The van der Waals surface area contributed by atoms with Crippen LogP contribution in [0, 0.1) is 6.92 Å². The minimum Gasteiger partial charge on any atom is -0.337 e. The number of nitrogens with one attached hydrogen (secondary N) is 3. The lowest BCUT2D eigenvalue weighted by atomic mass is 10.1. The van der Waals surface area contributed by atoms with Crippen LogP contribution >= 0.6 is 11.8 Å². The van der Waals surface area contributed by atoms with Crippen molar-refractivity contribution in [3.8, 4) is 0 Å². The van der Waals surface area contributed by atoms with Crippen LogP contribution < -0.4 is 10.6 Å². The van der Waals surface area contributed by atoms with Crippen LogP contribution in [0.2, 0.25) is 0 Å². The van der Waals surface area contributed by atoms with Gasteiger partial charge in [0, 0.05) is 17.8 Å². The lowest BCUT2D eigenvalue weighted by Gasteiger charge is -2.10. The smallest absolute Gasteiger partial charge is 0.325 e. The molecule has 0 spiro atoms. The van der Waals surface area contributed by atoms with Gasteiger partial charge in [-0.3, -0.25) is 10.1 Å². The third kappa shape index (κ3) is 5.47. The summed E-state index contributed by atoms with van der Waals surface area (Å²) >= 11 is 1.29. The number of aromatic nitrogens is 2. The third-order valence-corrected chi connectivity index (χ3v) is 5.09. The van der Waals surface area contributed by atoms with E-state index in [1.807, 2.05) is 43.3 Å². The van der Waals surface area contributed by atoms with Gasteiger partial charge in [-0.25, -0.2) is 9.78 Å². The highest BCUT2D eigenvalue weighted by molar-refractivity contribution is 8.00. The molecule has 1 heterocycles. The minimum absolute atomic E-state index is 0.378. The molecule has 1 unspecified atom stereocenters. The number of carbonyl (C=O) groups is 2. The Kier molecular flexibility index (Phi) is 6.49. The zero-order valence-electron chi connectivity index (χ0n) is 15.7. The number of aromatic amines is 1. The molecule has 3 amide bonds. The third-order valence-electron chi connectivity index (χ3n) is 4.10. The number of nitrogens with zero attached hydrogens (tertiary/aromatic N) is 1. The van der Waals surface area contributed by atoms with E-state index in [-0.39, 0.29) is 5.91 Å². The Morgan fingerprint density at radius 1 is 1.07 bits per heavy atom. The largest absolute Gasteiger partial charge is 0.337 e. The monoisotopic (exact) mass is 394 g/mol. The summed E-state index contributed by atoms with van der Waals surface area (Å²) in [5.74, 6) is -0.378. The molecule has 3 rings (SSSR count). The predicted octanol–water partition coefficient (Wildman–Crippen LogP) is 4.14. The number of rotatable bonds is 6. The van der Waals surface area contributed by atoms with E-state index in [9.17, 15) is 9.59 Å². The van der Waals surface area contributed by atoms with Crippen LogP contribution in [0.1, 0.15) is 23.9 Å². The van der Waals surface area contributed by atoms with Crippen molar-refractivity contribution in [3.05, 3.63) is 77.6 Å². The number of H-pyrrole nitrogens is 1. The molecule has 144 valence electrons. The lowest BCUT2D eigenvalue weighted by molar-refractivity contribution is -0.119. The van der Waals surface area contributed by atoms with Gasteiger partial charge in [0.05, 0.1) is 10.9 Å². The van der Waals surface area contributed by atoms with E-state index in [1.165, 1.54) is 17.3 Å². The molecule has 28 heavy (non-hydrogen) atoms. The first kappa shape index (κ1) is 19.7. The number of benzene rings is 2. The van der Waals surface area contributed by atoms with Gasteiger partial charge >= 0.3 is 6.03 Å². The van der Waals surface area contributed by atoms with Crippen LogP contribution in [0.4, 0.5) is 10.5 Å².